The second-order valence-electron chi connectivity index (χ2n) is 4.66. The Morgan fingerprint density at radius 3 is 3.00 bits per heavy atom. The zero-order chi connectivity index (χ0) is 12.3. The lowest BCUT2D eigenvalue weighted by atomic mass is 10.1. The van der Waals surface area contributed by atoms with Crippen LogP contribution in [0.2, 0.25) is 0 Å². The number of hydrogen-bond acceptors (Lipinski definition) is 4. The Hall–Kier alpha value is -1.36. The summed E-state index contributed by atoms with van der Waals surface area (Å²) in [6, 6.07) is 1.76. The van der Waals surface area contributed by atoms with Gasteiger partial charge in [-0.15, -0.1) is 0 Å². The summed E-state index contributed by atoms with van der Waals surface area (Å²) in [7, 11) is 0. The molecule has 1 fully saturated rings. The minimum atomic E-state index is -0.0237. The quantitative estimate of drug-likeness (QED) is 0.840. The zero-order valence-electron chi connectivity index (χ0n) is 10.4. The molecule has 2 heterocycles. The Kier molecular flexibility index (Phi) is 3.78. The molecule has 0 saturated carbocycles. The van der Waals surface area contributed by atoms with Gasteiger partial charge in [0.05, 0.1) is 0 Å². The first-order chi connectivity index (χ1) is 8.18. The topological polar surface area (TPSA) is 58.4 Å². The van der Waals surface area contributed by atoms with Crippen molar-refractivity contribution in [2.24, 2.45) is 0 Å². The summed E-state index contributed by atoms with van der Waals surface area (Å²) in [4.78, 5) is 14.0. The Labute approximate surface area is 101 Å². The Morgan fingerprint density at radius 2 is 2.29 bits per heavy atom. The van der Waals surface area contributed by atoms with Crippen molar-refractivity contribution >= 4 is 5.91 Å². The molecule has 0 bridgehead atoms. The summed E-state index contributed by atoms with van der Waals surface area (Å²) in [6.07, 6.45) is 0.987. The summed E-state index contributed by atoms with van der Waals surface area (Å²) >= 11 is 0. The fourth-order valence-corrected chi connectivity index (χ4v) is 1.87. The SMILES string of the molecule is CC(C)c1cc(C(=O)N2CCCNCC2)no1. The number of aromatic nitrogens is 1. The maximum absolute atomic E-state index is 12.2. The summed E-state index contributed by atoms with van der Waals surface area (Å²) in [5.74, 6) is 1.00. The third kappa shape index (κ3) is 2.85. The first-order valence-corrected chi connectivity index (χ1v) is 6.15. The molecule has 1 amide bonds. The lowest BCUT2D eigenvalue weighted by Gasteiger charge is -2.17. The molecule has 1 aliphatic heterocycles. The van der Waals surface area contributed by atoms with Crippen molar-refractivity contribution in [2.45, 2.75) is 26.2 Å². The number of carbonyl (C=O) groups is 1. The van der Waals surface area contributed by atoms with Crippen molar-refractivity contribution in [3.8, 4) is 0 Å². The average Bonchev–Trinajstić information content (AvgIpc) is 2.65. The van der Waals surface area contributed by atoms with Gasteiger partial charge in [-0.3, -0.25) is 4.79 Å². The van der Waals surface area contributed by atoms with Crippen molar-refractivity contribution in [1.29, 1.82) is 0 Å². The van der Waals surface area contributed by atoms with E-state index in [9.17, 15) is 4.79 Å². The third-order valence-corrected chi connectivity index (χ3v) is 2.94. The first kappa shape index (κ1) is 12.1. The molecule has 1 aromatic rings. The average molecular weight is 237 g/mol. The number of nitrogens with one attached hydrogen (secondary N) is 1. The molecule has 1 N–H and O–H groups in total. The van der Waals surface area contributed by atoms with E-state index in [0.29, 0.717) is 5.69 Å². The molecule has 1 saturated heterocycles. The van der Waals surface area contributed by atoms with Crippen LogP contribution in [-0.2, 0) is 0 Å². The molecule has 0 unspecified atom stereocenters. The van der Waals surface area contributed by atoms with Gasteiger partial charge in [0.25, 0.3) is 5.91 Å². The van der Waals surface area contributed by atoms with Crippen LogP contribution in [0.1, 0.15) is 42.4 Å². The second kappa shape index (κ2) is 5.31. The summed E-state index contributed by atoms with van der Waals surface area (Å²) in [6.45, 7) is 7.38. The van der Waals surface area contributed by atoms with Gasteiger partial charge in [-0.2, -0.15) is 0 Å². The van der Waals surface area contributed by atoms with Crippen LogP contribution in [0.5, 0.6) is 0 Å². The zero-order valence-corrected chi connectivity index (χ0v) is 10.4. The van der Waals surface area contributed by atoms with Gasteiger partial charge in [0.2, 0.25) is 0 Å². The molecule has 5 heteroatoms. The van der Waals surface area contributed by atoms with Gasteiger partial charge >= 0.3 is 0 Å². The molecule has 1 aliphatic rings. The molecule has 0 radical (unpaired) electrons. The highest BCUT2D eigenvalue weighted by atomic mass is 16.5. The van der Waals surface area contributed by atoms with E-state index in [0.717, 1.165) is 38.4 Å². The van der Waals surface area contributed by atoms with Crippen molar-refractivity contribution in [3.05, 3.63) is 17.5 Å². The molecule has 2 rings (SSSR count). The van der Waals surface area contributed by atoms with Crippen molar-refractivity contribution < 1.29 is 9.32 Å². The van der Waals surface area contributed by atoms with Crippen LogP contribution < -0.4 is 5.32 Å². The van der Waals surface area contributed by atoms with Crippen LogP contribution in [0.3, 0.4) is 0 Å². The van der Waals surface area contributed by atoms with Gasteiger partial charge in [0.15, 0.2) is 5.69 Å². The predicted molar refractivity (Wildman–Crippen MR) is 64.0 cm³/mol. The molecular weight excluding hydrogens is 218 g/mol. The van der Waals surface area contributed by atoms with E-state index in [1.54, 1.807) is 6.07 Å². The van der Waals surface area contributed by atoms with E-state index in [-0.39, 0.29) is 11.8 Å². The van der Waals surface area contributed by atoms with Crippen LogP contribution in [0.4, 0.5) is 0 Å². The molecule has 1 aromatic heterocycles. The van der Waals surface area contributed by atoms with Gasteiger partial charge in [0, 0.05) is 31.6 Å². The highest BCUT2D eigenvalue weighted by Gasteiger charge is 2.21. The molecule has 0 aromatic carbocycles. The van der Waals surface area contributed by atoms with E-state index in [2.05, 4.69) is 10.5 Å². The monoisotopic (exact) mass is 237 g/mol. The highest BCUT2D eigenvalue weighted by molar-refractivity contribution is 5.92. The predicted octanol–water partition coefficient (Wildman–Crippen LogP) is 1.23. The first-order valence-electron chi connectivity index (χ1n) is 6.15. The van der Waals surface area contributed by atoms with E-state index in [1.807, 2.05) is 18.7 Å². The van der Waals surface area contributed by atoms with Crippen molar-refractivity contribution in [3.63, 3.8) is 0 Å². The standard InChI is InChI=1S/C12H19N3O2/c1-9(2)11-8-10(14-17-11)12(16)15-6-3-4-13-5-7-15/h8-9,13H,3-7H2,1-2H3. The van der Waals surface area contributed by atoms with Gasteiger partial charge < -0.3 is 14.7 Å². The number of hydrogen-bond donors (Lipinski definition) is 1. The number of amides is 1. The maximum atomic E-state index is 12.2. The van der Waals surface area contributed by atoms with Gasteiger partial charge in [-0.1, -0.05) is 19.0 Å². The molecule has 94 valence electrons. The van der Waals surface area contributed by atoms with Gasteiger partial charge in [-0.05, 0) is 13.0 Å². The van der Waals surface area contributed by atoms with E-state index >= 15 is 0 Å². The fraction of sp³-hybridized carbons (Fsp3) is 0.667. The Morgan fingerprint density at radius 1 is 1.47 bits per heavy atom. The minimum Gasteiger partial charge on any atom is -0.360 e. The molecule has 5 nitrogen and oxygen atoms in total. The maximum Gasteiger partial charge on any atom is 0.276 e. The van der Waals surface area contributed by atoms with E-state index < -0.39 is 0 Å². The normalized spacial score (nSPS) is 17.2. The third-order valence-electron chi connectivity index (χ3n) is 2.94. The fourth-order valence-electron chi connectivity index (χ4n) is 1.87. The van der Waals surface area contributed by atoms with Crippen molar-refractivity contribution in [2.75, 3.05) is 26.2 Å². The number of carbonyl (C=O) groups excluding carboxylic acids is 1. The van der Waals surface area contributed by atoms with Gasteiger partial charge in [-0.25, -0.2) is 0 Å². The van der Waals surface area contributed by atoms with Crippen LogP contribution in [0.15, 0.2) is 10.6 Å². The highest BCUT2D eigenvalue weighted by Crippen LogP contribution is 2.16. The number of nitrogens with zero attached hydrogens (tertiary/aromatic N) is 2. The van der Waals surface area contributed by atoms with Crippen LogP contribution in [0, 0.1) is 0 Å². The lowest BCUT2D eigenvalue weighted by molar-refractivity contribution is 0.0756. The van der Waals surface area contributed by atoms with Crippen LogP contribution in [-0.4, -0.2) is 42.1 Å². The van der Waals surface area contributed by atoms with E-state index in [1.165, 1.54) is 0 Å². The molecular formula is C12H19N3O2. The largest absolute Gasteiger partial charge is 0.360 e. The molecule has 0 aliphatic carbocycles. The minimum absolute atomic E-state index is 0.0237. The Bertz CT molecular complexity index is 379. The van der Waals surface area contributed by atoms with E-state index in [4.69, 9.17) is 4.52 Å². The summed E-state index contributed by atoms with van der Waals surface area (Å²) < 4.78 is 5.16. The molecule has 0 spiro atoms. The number of rotatable bonds is 2. The Balaban J connectivity index is 2.06. The summed E-state index contributed by atoms with van der Waals surface area (Å²) in [5.41, 5.74) is 0.426. The second-order valence-corrected chi connectivity index (χ2v) is 4.66. The smallest absolute Gasteiger partial charge is 0.276 e. The van der Waals surface area contributed by atoms with Crippen molar-refractivity contribution in [1.82, 2.24) is 15.4 Å². The van der Waals surface area contributed by atoms with Gasteiger partial charge in [0.1, 0.15) is 5.76 Å². The van der Waals surface area contributed by atoms with Crippen LogP contribution in [0.25, 0.3) is 0 Å². The summed E-state index contributed by atoms with van der Waals surface area (Å²) in [5, 5.41) is 7.13. The van der Waals surface area contributed by atoms with Crippen LogP contribution >= 0.6 is 0 Å². The molecule has 17 heavy (non-hydrogen) atoms. The lowest BCUT2D eigenvalue weighted by Crippen LogP contribution is -2.34. The molecule has 0 atom stereocenters.